The summed E-state index contributed by atoms with van der Waals surface area (Å²) in [6.07, 6.45) is 3.34. The Hall–Kier alpha value is -4.19. The Morgan fingerprint density at radius 1 is 0.914 bits per heavy atom. The van der Waals surface area contributed by atoms with Crippen molar-refractivity contribution in [3.05, 3.63) is 114 Å². The van der Waals surface area contributed by atoms with Crippen molar-refractivity contribution in [1.82, 2.24) is 9.55 Å². The van der Waals surface area contributed by atoms with Crippen LogP contribution in [0.3, 0.4) is 0 Å². The van der Waals surface area contributed by atoms with Crippen LogP contribution >= 0.6 is 0 Å². The fourth-order valence-electron chi connectivity index (χ4n) is 4.20. The van der Waals surface area contributed by atoms with Gasteiger partial charge < -0.3 is 14.3 Å². The maximum absolute atomic E-state index is 12.7. The highest BCUT2D eigenvalue weighted by atomic mass is 19.4. The van der Waals surface area contributed by atoms with Crippen molar-refractivity contribution >= 4 is 23.1 Å². The van der Waals surface area contributed by atoms with E-state index in [1.54, 1.807) is 13.2 Å². The van der Waals surface area contributed by atoms with Crippen molar-refractivity contribution in [2.45, 2.75) is 12.7 Å². The summed E-state index contributed by atoms with van der Waals surface area (Å²) < 4.78 is 45.9. The zero-order valence-corrected chi connectivity index (χ0v) is 19.0. The van der Waals surface area contributed by atoms with Gasteiger partial charge in [-0.05, 0) is 65.2 Å². The molecule has 5 rings (SSSR count). The smallest absolute Gasteiger partial charge is 0.416 e. The number of aromatic nitrogens is 2. The minimum atomic E-state index is -4.32. The van der Waals surface area contributed by atoms with E-state index in [2.05, 4.69) is 46.1 Å². The number of aromatic amines is 1. The van der Waals surface area contributed by atoms with Gasteiger partial charge in [0, 0.05) is 41.1 Å². The molecule has 0 aliphatic heterocycles. The van der Waals surface area contributed by atoms with Gasteiger partial charge >= 0.3 is 6.18 Å². The van der Waals surface area contributed by atoms with Crippen LogP contribution in [-0.4, -0.2) is 16.7 Å². The van der Waals surface area contributed by atoms with Crippen molar-refractivity contribution in [3.63, 3.8) is 0 Å². The molecule has 176 valence electrons. The third-order valence-electron chi connectivity index (χ3n) is 6.00. The molecular weight excluding hydrogens is 449 g/mol. The average Bonchev–Trinajstić information content (AvgIpc) is 3.49. The molecule has 2 aromatic heterocycles. The molecule has 6 heteroatoms. The third-order valence-corrected chi connectivity index (χ3v) is 6.00. The largest absolute Gasteiger partial charge is 0.496 e. The van der Waals surface area contributed by atoms with Gasteiger partial charge in [0.1, 0.15) is 5.75 Å². The van der Waals surface area contributed by atoms with Crippen molar-refractivity contribution < 1.29 is 17.9 Å². The molecule has 0 atom stereocenters. The molecule has 0 aliphatic carbocycles. The molecule has 0 aliphatic rings. The average molecular weight is 473 g/mol. The first-order chi connectivity index (χ1) is 16.9. The van der Waals surface area contributed by atoms with E-state index in [1.807, 2.05) is 36.5 Å². The van der Waals surface area contributed by atoms with E-state index in [4.69, 9.17) is 4.74 Å². The van der Waals surface area contributed by atoms with Gasteiger partial charge in [0.25, 0.3) is 0 Å². The first kappa shape index (κ1) is 22.6. The number of H-pyrrole nitrogens is 1. The minimum absolute atomic E-state index is 0.647. The van der Waals surface area contributed by atoms with Crippen LogP contribution in [0.5, 0.6) is 5.75 Å². The Kier molecular flexibility index (Phi) is 5.95. The lowest BCUT2D eigenvalue weighted by atomic mass is 10.0. The molecular formula is C29H23F3N2O. The molecule has 0 spiro atoms. The standard InChI is InChI=1S/C29H23F3N2O/c1-35-28-5-3-2-4-26(28)22-9-13-27-23(17-22)14-15-34(27)19-21-16-25(33-18-21)12-8-20-6-10-24(11-7-20)29(30,31)32/h2-18,33H,19H2,1H3/b12-8+. The molecule has 5 aromatic rings. The second kappa shape index (κ2) is 9.22. The normalized spacial score (nSPS) is 12.0. The second-order valence-corrected chi connectivity index (χ2v) is 8.33. The molecule has 0 unspecified atom stereocenters. The van der Waals surface area contributed by atoms with Crippen LogP contribution in [0.1, 0.15) is 22.4 Å². The first-order valence-electron chi connectivity index (χ1n) is 11.2. The van der Waals surface area contributed by atoms with Crippen LogP contribution < -0.4 is 4.74 Å². The number of halogens is 3. The van der Waals surface area contributed by atoms with Gasteiger partial charge in [0.15, 0.2) is 0 Å². The Balaban J connectivity index is 1.31. The van der Waals surface area contributed by atoms with Crippen LogP contribution in [0, 0.1) is 0 Å². The first-order valence-corrected chi connectivity index (χ1v) is 11.2. The van der Waals surface area contributed by atoms with Crippen LogP contribution in [0.4, 0.5) is 13.2 Å². The van der Waals surface area contributed by atoms with E-state index in [1.165, 1.54) is 12.1 Å². The zero-order valence-electron chi connectivity index (χ0n) is 19.0. The number of methoxy groups -OCH3 is 1. The monoisotopic (exact) mass is 472 g/mol. The second-order valence-electron chi connectivity index (χ2n) is 8.33. The summed E-state index contributed by atoms with van der Waals surface area (Å²) >= 11 is 0. The van der Waals surface area contributed by atoms with E-state index >= 15 is 0 Å². The van der Waals surface area contributed by atoms with Crippen molar-refractivity contribution in [3.8, 4) is 16.9 Å². The Morgan fingerprint density at radius 3 is 2.49 bits per heavy atom. The fraction of sp³-hybridized carbons (Fsp3) is 0.103. The maximum atomic E-state index is 12.7. The van der Waals surface area contributed by atoms with Crippen LogP contribution in [0.25, 0.3) is 34.2 Å². The molecule has 0 fully saturated rings. The van der Waals surface area contributed by atoms with E-state index in [9.17, 15) is 13.2 Å². The highest BCUT2D eigenvalue weighted by Gasteiger charge is 2.29. The summed E-state index contributed by atoms with van der Waals surface area (Å²) in [5, 5.41) is 1.14. The summed E-state index contributed by atoms with van der Waals surface area (Å²) in [6, 6.07) is 23.6. The van der Waals surface area contributed by atoms with Gasteiger partial charge in [-0.1, -0.05) is 42.5 Å². The fourth-order valence-corrected chi connectivity index (χ4v) is 4.20. The molecule has 3 aromatic carbocycles. The molecule has 0 radical (unpaired) electrons. The highest BCUT2D eigenvalue weighted by molar-refractivity contribution is 5.87. The number of rotatable bonds is 6. The lowest BCUT2D eigenvalue weighted by molar-refractivity contribution is -0.137. The Labute approximate surface area is 201 Å². The van der Waals surface area contributed by atoms with Gasteiger partial charge in [-0.2, -0.15) is 13.2 Å². The van der Waals surface area contributed by atoms with Crippen LogP contribution in [0.15, 0.2) is 91.3 Å². The van der Waals surface area contributed by atoms with Crippen molar-refractivity contribution in [1.29, 1.82) is 0 Å². The topological polar surface area (TPSA) is 29.9 Å². The molecule has 2 heterocycles. The molecule has 3 nitrogen and oxygen atoms in total. The molecule has 0 amide bonds. The summed E-state index contributed by atoms with van der Waals surface area (Å²) in [6.45, 7) is 0.697. The third kappa shape index (κ3) is 4.87. The number of hydrogen-bond acceptors (Lipinski definition) is 1. The number of nitrogens with one attached hydrogen (secondary N) is 1. The summed E-state index contributed by atoms with van der Waals surface area (Å²) in [5.41, 5.74) is 5.33. The molecule has 35 heavy (non-hydrogen) atoms. The number of nitrogens with zero attached hydrogens (tertiary/aromatic N) is 1. The predicted molar refractivity (Wildman–Crippen MR) is 134 cm³/mol. The van der Waals surface area contributed by atoms with Gasteiger partial charge in [-0.3, -0.25) is 0 Å². The zero-order chi connectivity index (χ0) is 24.4. The number of alkyl halides is 3. The van der Waals surface area contributed by atoms with E-state index in [0.717, 1.165) is 51.2 Å². The lowest BCUT2D eigenvalue weighted by Gasteiger charge is -2.09. The van der Waals surface area contributed by atoms with E-state index in [0.29, 0.717) is 12.1 Å². The van der Waals surface area contributed by atoms with Crippen LogP contribution in [-0.2, 0) is 12.7 Å². The SMILES string of the molecule is COc1ccccc1-c1ccc2c(ccn2Cc2c[nH]c(/C=C/c3ccc(C(F)(F)F)cc3)c2)c1. The van der Waals surface area contributed by atoms with Crippen molar-refractivity contribution in [2.75, 3.05) is 7.11 Å². The van der Waals surface area contributed by atoms with Gasteiger partial charge in [0.05, 0.1) is 12.7 Å². The van der Waals surface area contributed by atoms with E-state index in [-0.39, 0.29) is 0 Å². The van der Waals surface area contributed by atoms with Crippen LogP contribution in [0.2, 0.25) is 0 Å². The number of benzene rings is 3. The van der Waals surface area contributed by atoms with Crippen molar-refractivity contribution in [2.24, 2.45) is 0 Å². The van der Waals surface area contributed by atoms with Gasteiger partial charge in [-0.25, -0.2) is 0 Å². The molecule has 0 saturated carbocycles. The maximum Gasteiger partial charge on any atom is 0.416 e. The lowest BCUT2D eigenvalue weighted by Crippen LogP contribution is -2.03. The Morgan fingerprint density at radius 2 is 1.71 bits per heavy atom. The number of fused-ring (bicyclic) bond motifs is 1. The minimum Gasteiger partial charge on any atom is -0.496 e. The number of para-hydroxylation sites is 1. The highest BCUT2D eigenvalue weighted by Crippen LogP contribution is 2.32. The number of ether oxygens (including phenoxy) is 1. The van der Waals surface area contributed by atoms with E-state index < -0.39 is 11.7 Å². The summed E-state index contributed by atoms with van der Waals surface area (Å²) in [4.78, 5) is 3.22. The molecule has 0 bridgehead atoms. The molecule has 1 N–H and O–H groups in total. The van der Waals surface area contributed by atoms with Gasteiger partial charge in [0.2, 0.25) is 0 Å². The predicted octanol–water partition coefficient (Wildman–Crippen LogP) is 7.88. The Bertz CT molecular complexity index is 1490. The van der Waals surface area contributed by atoms with Gasteiger partial charge in [-0.15, -0.1) is 0 Å². The quantitative estimate of drug-likeness (QED) is 0.268. The summed E-state index contributed by atoms with van der Waals surface area (Å²) in [7, 11) is 1.68. The molecule has 0 saturated heterocycles. The summed E-state index contributed by atoms with van der Waals surface area (Å²) in [5.74, 6) is 0.843. The number of hydrogen-bond donors (Lipinski definition) is 1.